The van der Waals surface area contributed by atoms with E-state index in [1.165, 1.54) is 25.9 Å². The van der Waals surface area contributed by atoms with Gasteiger partial charge in [0.1, 0.15) is 25.1 Å². The summed E-state index contributed by atoms with van der Waals surface area (Å²) < 4.78 is 17.9. The van der Waals surface area contributed by atoms with Gasteiger partial charge >= 0.3 is 0 Å². The topological polar surface area (TPSA) is 43.0 Å². The molecule has 0 aliphatic carbocycles. The van der Waals surface area contributed by atoms with Crippen molar-refractivity contribution in [1.82, 2.24) is 10.2 Å². The highest BCUT2D eigenvalue weighted by Crippen LogP contribution is 2.35. The molecule has 0 unspecified atom stereocenters. The third-order valence-electron chi connectivity index (χ3n) is 5.53. The summed E-state index contributed by atoms with van der Waals surface area (Å²) in [5, 5.41) is 3.58. The molecule has 1 fully saturated rings. The molecule has 4 rings (SSSR count). The maximum Gasteiger partial charge on any atom is 0.165 e. The van der Waals surface area contributed by atoms with E-state index < -0.39 is 0 Å². The largest absolute Gasteiger partial charge is 0.489 e. The van der Waals surface area contributed by atoms with Crippen molar-refractivity contribution < 1.29 is 14.2 Å². The van der Waals surface area contributed by atoms with Crippen molar-refractivity contribution in [3.8, 4) is 17.2 Å². The monoisotopic (exact) mass is 382 g/mol. The number of benzene rings is 2. The van der Waals surface area contributed by atoms with Gasteiger partial charge in [-0.2, -0.15) is 0 Å². The van der Waals surface area contributed by atoms with E-state index in [1.54, 1.807) is 0 Å². The third-order valence-corrected chi connectivity index (χ3v) is 5.53. The van der Waals surface area contributed by atoms with E-state index in [1.807, 2.05) is 36.4 Å². The molecule has 2 aliphatic rings. The average Bonchev–Trinajstić information content (AvgIpc) is 2.74. The number of likely N-dealkylation sites (tertiary alicyclic amines) is 1. The van der Waals surface area contributed by atoms with Crippen LogP contribution in [0.1, 0.15) is 18.4 Å². The number of nitrogens with one attached hydrogen (secondary N) is 1. The van der Waals surface area contributed by atoms with Gasteiger partial charge in [0.15, 0.2) is 11.5 Å². The summed E-state index contributed by atoms with van der Waals surface area (Å²) in [4.78, 5) is 2.41. The fraction of sp³-hybridized carbons (Fsp3) is 0.478. The molecule has 0 spiro atoms. The molecule has 1 saturated heterocycles. The molecular formula is C23H30N2O3. The average molecular weight is 383 g/mol. The fourth-order valence-electron chi connectivity index (χ4n) is 3.74. The van der Waals surface area contributed by atoms with E-state index in [-0.39, 0.29) is 6.10 Å². The first-order chi connectivity index (χ1) is 13.8. The van der Waals surface area contributed by atoms with Crippen molar-refractivity contribution in [2.75, 3.05) is 39.8 Å². The quantitative estimate of drug-likeness (QED) is 0.796. The minimum atomic E-state index is 0.0307. The zero-order valence-electron chi connectivity index (χ0n) is 16.6. The Morgan fingerprint density at radius 3 is 2.68 bits per heavy atom. The molecule has 2 heterocycles. The van der Waals surface area contributed by atoms with Crippen molar-refractivity contribution in [2.45, 2.75) is 25.6 Å². The van der Waals surface area contributed by atoms with Gasteiger partial charge in [-0.1, -0.05) is 30.3 Å². The fourth-order valence-corrected chi connectivity index (χ4v) is 3.74. The Kier molecular flexibility index (Phi) is 6.34. The second-order valence-corrected chi connectivity index (χ2v) is 7.84. The van der Waals surface area contributed by atoms with Crippen molar-refractivity contribution >= 4 is 0 Å². The zero-order valence-corrected chi connectivity index (χ0v) is 16.6. The van der Waals surface area contributed by atoms with Crippen LogP contribution in [0.5, 0.6) is 17.2 Å². The molecule has 2 aromatic rings. The molecular weight excluding hydrogens is 352 g/mol. The maximum atomic E-state index is 6.16. The predicted octanol–water partition coefficient (Wildman–Crippen LogP) is 3.34. The van der Waals surface area contributed by atoms with Crippen LogP contribution in [0, 0.1) is 5.92 Å². The number of hydrogen-bond acceptors (Lipinski definition) is 5. The van der Waals surface area contributed by atoms with E-state index in [4.69, 9.17) is 14.2 Å². The number of hydrogen-bond donors (Lipinski definition) is 1. The zero-order chi connectivity index (χ0) is 19.2. The van der Waals surface area contributed by atoms with Crippen LogP contribution in [0.3, 0.4) is 0 Å². The van der Waals surface area contributed by atoms with Crippen LogP contribution in [0.15, 0.2) is 48.5 Å². The summed E-state index contributed by atoms with van der Waals surface area (Å²) >= 11 is 0. The summed E-state index contributed by atoms with van der Waals surface area (Å²) in [6.07, 6.45) is 2.58. The van der Waals surface area contributed by atoms with Crippen molar-refractivity contribution in [3.05, 3.63) is 54.1 Å². The molecule has 150 valence electrons. The van der Waals surface area contributed by atoms with Crippen LogP contribution >= 0.6 is 0 Å². The second-order valence-electron chi connectivity index (χ2n) is 7.84. The van der Waals surface area contributed by atoms with E-state index in [0.717, 1.165) is 41.8 Å². The number of ether oxygens (including phenoxy) is 3. The summed E-state index contributed by atoms with van der Waals surface area (Å²) in [6.45, 7) is 5.39. The van der Waals surface area contributed by atoms with Gasteiger partial charge in [-0.25, -0.2) is 0 Å². The molecule has 5 heteroatoms. The Labute approximate surface area is 167 Å². The summed E-state index contributed by atoms with van der Waals surface area (Å²) in [6, 6.07) is 16.0. The number of fused-ring (bicyclic) bond motifs is 1. The lowest BCUT2D eigenvalue weighted by Gasteiger charge is -2.30. The van der Waals surface area contributed by atoms with Crippen molar-refractivity contribution in [3.63, 3.8) is 0 Å². The molecule has 2 aromatic carbocycles. The van der Waals surface area contributed by atoms with E-state index in [2.05, 4.69) is 29.4 Å². The van der Waals surface area contributed by atoms with E-state index >= 15 is 0 Å². The molecule has 2 aliphatic heterocycles. The Bertz CT molecular complexity index is 745. The summed E-state index contributed by atoms with van der Waals surface area (Å²) in [5.74, 6) is 3.12. The molecule has 0 radical (unpaired) electrons. The van der Waals surface area contributed by atoms with Gasteiger partial charge < -0.3 is 24.4 Å². The minimum Gasteiger partial charge on any atom is -0.489 e. The normalized spacial score (nSPS) is 20.1. The lowest BCUT2D eigenvalue weighted by molar-refractivity contribution is 0.0880. The van der Waals surface area contributed by atoms with Crippen LogP contribution in [-0.2, 0) is 6.61 Å². The summed E-state index contributed by atoms with van der Waals surface area (Å²) in [5.41, 5.74) is 1.15. The Morgan fingerprint density at radius 1 is 1.04 bits per heavy atom. The van der Waals surface area contributed by atoms with Gasteiger partial charge in [0.25, 0.3) is 0 Å². The van der Waals surface area contributed by atoms with Crippen LogP contribution in [0.25, 0.3) is 0 Å². The molecule has 28 heavy (non-hydrogen) atoms. The van der Waals surface area contributed by atoms with Crippen LogP contribution < -0.4 is 19.5 Å². The first kappa shape index (κ1) is 19.1. The van der Waals surface area contributed by atoms with Gasteiger partial charge in [0.05, 0.1) is 0 Å². The third kappa shape index (κ3) is 5.18. The first-order valence-corrected chi connectivity index (χ1v) is 10.3. The SMILES string of the molecule is CN1CCC(CNC[C@@H]2COc3ccc(OCc4ccccc4)cc3O2)CC1. The number of piperidine rings is 1. The molecule has 0 aromatic heterocycles. The molecule has 5 nitrogen and oxygen atoms in total. The number of nitrogens with zero attached hydrogens (tertiary/aromatic N) is 1. The Hall–Kier alpha value is -2.24. The van der Waals surface area contributed by atoms with Gasteiger partial charge in [-0.15, -0.1) is 0 Å². The highest BCUT2D eigenvalue weighted by atomic mass is 16.6. The predicted molar refractivity (Wildman–Crippen MR) is 110 cm³/mol. The lowest BCUT2D eigenvalue weighted by atomic mass is 9.97. The minimum absolute atomic E-state index is 0.0307. The number of rotatable bonds is 7. The molecule has 0 bridgehead atoms. The Morgan fingerprint density at radius 2 is 1.86 bits per heavy atom. The highest BCUT2D eigenvalue weighted by molar-refractivity contribution is 5.46. The van der Waals surface area contributed by atoms with Gasteiger partial charge in [0, 0.05) is 12.6 Å². The van der Waals surface area contributed by atoms with Crippen molar-refractivity contribution in [1.29, 1.82) is 0 Å². The van der Waals surface area contributed by atoms with E-state index in [0.29, 0.717) is 13.2 Å². The molecule has 1 N–H and O–H groups in total. The molecule has 1 atom stereocenters. The van der Waals surface area contributed by atoms with Gasteiger partial charge in [0.2, 0.25) is 0 Å². The van der Waals surface area contributed by atoms with Crippen LogP contribution in [0.4, 0.5) is 0 Å². The molecule has 0 saturated carbocycles. The second kappa shape index (κ2) is 9.30. The lowest BCUT2D eigenvalue weighted by Crippen LogP contribution is -2.41. The van der Waals surface area contributed by atoms with E-state index in [9.17, 15) is 0 Å². The first-order valence-electron chi connectivity index (χ1n) is 10.3. The van der Waals surface area contributed by atoms with Crippen LogP contribution in [-0.4, -0.2) is 50.8 Å². The summed E-state index contributed by atoms with van der Waals surface area (Å²) in [7, 11) is 2.20. The van der Waals surface area contributed by atoms with Gasteiger partial charge in [-0.05, 0) is 63.1 Å². The smallest absolute Gasteiger partial charge is 0.165 e. The molecule has 0 amide bonds. The van der Waals surface area contributed by atoms with Gasteiger partial charge in [-0.3, -0.25) is 0 Å². The van der Waals surface area contributed by atoms with Crippen LogP contribution in [0.2, 0.25) is 0 Å². The van der Waals surface area contributed by atoms with Crippen molar-refractivity contribution in [2.24, 2.45) is 5.92 Å². The Balaban J connectivity index is 1.25. The standard InChI is InChI=1S/C23H30N2O3/c1-25-11-9-18(10-12-25)14-24-15-21-17-27-22-8-7-20(13-23(22)28-21)26-16-19-5-3-2-4-6-19/h2-8,13,18,21,24H,9-12,14-17H2,1H3/t21-/m1/s1. The highest BCUT2D eigenvalue weighted by Gasteiger charge is 2.22. The maximum absolute atomic E-state index is 6.16.